The van der Waals surface area contributed by atoms with Gasteiger partial charge < -0.3 is 10.2 Å². The summed E-state index contributed by atoms with van der Waals surface area (Å²) < 4.78 is 37.1. The molecular formula is C10H9F3O3S. The molecule has 2 N–H and O–H groups in total. The fourth-order valence-corrected chi connectivity index (χ4v) is 1.93. The van der Waals surface area contributed by atoms with Crippen molar-refractivity contribution in [3.63, 3.8) is 0 Å². The van der Waals surface area contributed by atoms with Crippen LogP contribution in [0.25, 0.3) is 0 Å². The van der Waals surface area contributed by atoms with E-state index in [1.54, 1.807) is 0 Å². The average Bonchev–Trinajstić information content (AvgIpc) is 2.24. The van der Waals surface area contributed by atoms with Crippen molar-refractivity contribution in [1.29, 1.82) is 0 Å². The Kier molecular flexibility index (Phi) is 4.41. The van der Waals surface area contributed by atoms with Crippen LogP contribution < -0.4 is 0 Å². The Balaban J connectivity index is 2.89. The number of carboxylic acids is 1. The second-order valence-corrected chi connectivity index (χ2v) is 4.43. The van der Waals surface area contributed by atoms with Crippen molar-refractivity contribution >= 4 is 17.7 Å². The van der Waals surface area contributed by atoms with Crippen molar-refractivity contribution in [3.05, 3.63) is 29.8 Å². The minimum atomic E-state index is -4.46. The zero-order valence-electron chi connectivity index (χ0n) is 8.44. The molecule has 17 heavy (non-hydrogen) atoms. The van der Waals surface area contributed by atoms with Crippen LogP contribution >= 0.6 is 11.8 Å². The molecule has 1 unspecified atom stereocenters. The van der Waals surface area contributed by atoms with Gasteiger partial charge in [0.1, 0.15) is 5.25 Å². The number of halogens is 3. The van der Waals surface area contributed by atoms with Crippen LogP contribution in [0.15, 0.2) is 29.2 Å². The van der Waals surface area contributed by atoms with E-state index in [9.17, 15) is 18.0 Å². The molecule has 94 valence electrons. The maximum absolute atomic E-state index is 12.4. The molecule has 0 fully saturated rings. The number of thioether (sulfide) groups is 1. The molecule has 0 heterocycles. The van der Waals surface area contributed by atoms with Crippen LogP contribution in [-0.4, -0.2) is 28.0 Å². The van der Waals surface area contributed by atoms with Gasteiger partial charge in [-0.2, -0.15) is 13.2 Å². The average molecular weight is 266 g/mol. The lowest BCUT2D eigenvalue weighted by molar-refractivity contribution is -0.138. The highest BCUT2D eigenvalue weighted by Gasteiger charge is 2.30. The second kappa shape index (κ2) is 5.42. The standard InChI is InChI=1S/C10H9F3O3S/c11-10(12,13)6-2-1-3-7(4-6)17-8(5-14)9(15)16/h1-4,8,14H,5H2,(H,15,16). The first-order valence-electron chi connectivity index (χ1n) is 4.52. The van der Waals surface area contributed by atoms with E-state index < -0.39 is 29.6 Å². The van der Waals surface area contributed by atoms with Crippen LogP contribution in [0.2, 0.25) is 0 Å². The van der Waals surface area contributed by atoms with Gasteiger partial charge in [0.15, 0.2) is 0 Å². The van der Waals surface area contributed by atoms with E-state index in [4.69, 9.17) is 10.2 Å². The van der Waals surface area contributed by atoms with Crippen molar-refractivity contribution in [2.75, 3.05) is 6.61 Å². The van der Waals surface area contributed by atoms with Crippen LogP contribution in [0.4, 0.5) is 13.2 Å². The first-order chi connectivity index (χ1) is 7.84. The zero-order valence-corrected chi connectivity index (χ0v) is 9.26. The Morgan fingerprint density at radius 2 is 2.06 bits per heavy atom. The Hall–Kier alpha value is -1.21. The molecule has 1 atom stereocenters. The number of carbonyl (C=O) groups is 1. The lowest BCUT2D eigenvalue weighted by Crippen LogP contribution is -2.20. The van der Waals surface area contributed by atoms with Crippen molar-refractivity contribution in [2.45, 2.75) is 16.3 Å². The van der Waals surface area contributed by atoms with Gasteiger partial charge in [0.2, 0.25) is 0 Å². The highest BCUT2D eigenvalue weighted by molar-refractivity contribution is 8.00. The molecule has 0 saturated heterocycles. The van der Waals surface area contributed by atoms with Gasteiger partial charge in [0.25, 0.3) is 0 Å². The molecule has 0 saturated carbocycles. The topological polar surface area (TPSA) is 57.5 Å². The van der Waals surface area contributed by atoms with Crippen LogP contribution in [0.3, 0.4) is 0 Å². The molecule has 1 aromatic rings. The Morgan fingerprint density at radius 3 is 2.53 bits per heavy atom. The van der Waals surface area contributed by atoms with E-state index in [-0.39, 0.29) is 4.90 Å². The summed E-state index contributed by atoms with van der Waals surface area (Å²) in [5.74, 6) is -1.27. The summed E-state index contributed by atoms with van der Waals surface area (Å²) in [5, 5.41) is 16.3. The van der Waals surface area contributed by atoms with E-state index in [0.717, 1.165) is 12.1 Å². The van der Waals surface area contributed by atoms with E-state index in [2.05, 4.69) is 0 Å². The van der Waals surface area contributed by atoms with Gasteiger partial charge in [-0.1, -0.05) is 6.07 Å². The third-order valence-electron chi connectivity index (χ3n) is 1.88. The molecule has 1 aromatic carbocycles. The molecule has 0 spiro atoms. The second-order valence-electron chi connectivity index (χ2n) is 3.15. The lowest BCUT2D eigenvalue weighted by Gasteiger charge is -2.11. The molecule has 7 heteroatoms. The number of aliphatic hydroxyl groups excluding tert-OH is 1. The van der Waals surface area contributed by atoms with Crippen LogP contribution in [0, 0.1) is 0 Å². The summed E-state index contributed by atoms with van der Waals surface area (Å²) in [6.45, 7) is -0.643. The number of aliphatic carboxylic acids is 1. The Labute approximate surface area is 99.3 Å². The highest BCUT2D eigenvalue weighted by atomic mass is 32.2. The van der Waals surface area contributed by atoms with Crippen molar-refractivity contribution in [2.24, 2.45) is 0 Å². The smallest absolute Gasteiger partial charge is 0.416 e. The van der Waals surface area contributed by atoms with Crippen molar-refractivity contribution < 1.29 is 28.2 Å². The van der Waals surface area contributed by atoms with Gasteiger partial charge >= 0.3 is 12.1 Å². The van der Waals surface area contributed by atoms with E-state index in [1.807, 2.05) is 0 Å². The first-order valence-corrected chi connectivity index (χ1v) is 5.40. The molecule has 0 amide bonds. The lowest BCUT2D eigenvalue weighted by atomic mass is 10.2. The van der Waals surface area contributed by atoms with E-state index >= 15 is 0 Å². The maximum atomic E-state index is 12.4. The summed E-state index contributed by atoms with van der Waals surface area (Å²) in [7, 11) is 0. The number of rotatable bonds is 4. The zero-order chi connectivity index (χ0) is 13.1. The minimum absolute atomic E-state index is 0.154. The summed E-state index contributed by atoms with van der Waals surface area (Å²) in [4.78, 5) is 10.8. The third kappa shape index (κ3) is 3.94. The number of hydrogen-bond donors (Lipinski definition) is 2. The molecule has 0 radical (unpaired) electrons. The van der Waals surface area contributed by atoms with Gasteiger partial charge in [0, 0.05) is 4.90 Å². The Morgan fingerprint density at radius 1 is 1.41 bits per heavy atom. The highest BCUT2D eigenvalue weighted by Crippen LogP contribution is 2.32. The van der Waals surface area contributed by atoms with Crippen LogP contribution in [-0.2, 0) is 11.0 Å². The van der Waals surface area contributed by atoms with Crippen LogP contribution in [0.1, 0.15) is 5.56 Å². The van der Waals surface area contributed by atoms with E-state index in [1.165, 1.54) is 12.1 Å². The molecule has 0 bridgehead atoms. The molecule has 0 aliphatic heterocycles. The molecule has 0 aliphatic carbocycles. The van der Waals surface area contributed by atoms with Gasteiger partial charge in [-0.25, -0.2) is 0 Å². The summed E-state index contributed by atoms with van der Waals surface area (Å²) in [6, 6.07) is 4.32. The van der Waals surface area contributed by atoms with Crippen molar-refractivity contribution in [3.8, 4) is 0 Å². The summed E-state index contributed by atoms with van der Waals surface area (Å²) in [6.07, 6.45) is -4.46. The normalized spacial score (nSPS) is 13.4. The molecule has 0 aromatic heterocycles. The van der Waals surface area contributed by atoms with Gasteiger partial charge in [-0.15, -0.1) is 11.8 Å². The molecular weight excluding hydrogens is 257 g/mol. The number of alkyl halides is 3. The number of benzene rings is 1. The van der Waals surface area contributed by atoms with E-state index in [0.29, 0.717) is 11.8 Å². The number of hydrogen-bond acceptors (Lipinski definition) is 3. The van der Waals surface area contributed by atoms with Gasteiger partial charge in [-0.3, -0.25) is 4.79 Å². The van der Waals surface area contributed by atoms with Gasteiger partial charge in [0.05, 0.1) is 12.2 Å². The summed E-state index contributed by atoms with van der Waals surface area (Å²) >= 11 is 0.678. The van der Waals surface area contributed by atoms with Crippen molar-refractivity contribution in [1.82, 2.24) is 0 Å². The fourth-order valence-electron chi connectivity index (χ4n) is 1.08. The monoisotopic (exact) mass is 266 g/mol. The third-order valence-corrected chi connectivity index (χ3v) is 3.04. The SMILES string of the molecule is O=C(O)C(CO)Sc1cccc(C(F)(F)F)c1. The van der Waals surface area contributed by atoms with Crippen LogP contribution in [0.5, 0.6) is 0 Å². The van der Waals surface area contributed by atoms with Gasteiger partial charge in [-0.05, 0) is 18.2 Å². The maximum Gasteiger partial charge on any atom is 0.416 e. The first kappa shape index (κ1) is 13.9. The molecule has 0 aliphatic rings. The predicted molar refractivity (Wildman–Crippen MR) is 55.8 cm³/mol. The largest absolute Gasteiger partial charge is 0.480 e. The quantitative estimate of drug-likeness (QED) is 0.821. The fraction of sp³-hybridized carbons (Fsp3) is 0.300. The Bertz CT molecular complexity index is 406. The predicted octanol–water partition coefficient (Wildman–Crippen LogP) is 2.24. The molecule has 1 rings (SSSR count). The minimum Gasteiger partial charge on any atom is -0.480 e. The summed E-state index contributed by atoms with van der Waals surface area (Å²) in [5.41, 5.74) is -0.843. The molecule has 3 nitrogen and oxygen atoms in total. The number of aliphatic hydroxyl groups is 1. The number of carboxylic acid groups (broad SMARTS) is 1.